The first kappa shape index (κ1) is 23.6. The zero-order chi connectivity index (χ0) is 24.1. The summed E-state index contributed by atoms with van der Waals surface area (Å²) >= 11 is 5.78. The summed E-state index contributed by atoms with van der Waals surface area (Å²) in [5.74, 6) is -0.286. The number of halogens is 1. The molecule has 0 bridgehead atoms. The van der Waals surface area contributed by atoms with Gasteiger partial charge in [0.05, 0.1) is 12.6 Å². The molecule has 0 radical (unpaired) electrons. The van der Waals surface area contributed by atoms with E-state index >= 15 is 0 Å². The van der Waals surface area contributed by atoms with Crippen LogP contribution in [0.2, 0.25) is 0 Å². The van der Waals surface area contributed by atoms with E-state index in [0.29, 0.717) is 23.8 Å². The van der Waals surface area contributed by atoms with Crippen LogP contribution < -0.4 is 10.9 Å². The second-order valence-corrected chi connectivity index (χ2v) is 8.85. The van der Waals surface area contributed by atoms with Crippen molar-refractivity contribution in [3.05, 3.63) is 117 Å². The van der Waals surface area contributed by atoms with Crippen LogP contribution in [0, 0.1) is 5.82 Å². The maximum absolute atomic E-state index is 13.5. The zero-order valence-corrected chi connectivity index (χ0v) is 20.2. The van der Waals surface area contributed by atoms with Gasteiger partial charge in [-0.3, -0.25) is 4.79 Å². The van der Waals surface area contributed by atoms with Gasteiger partial charge in [-0.15, -0.1) is 0 Å². The Morgan fingerprint density at radius 3 is 2.41 bits per heavy atom. The molecule has 0 aliphatic heterocycles. The Hall–Kier alpha value is -3.51. The minimum atomic E-state index is -0.286. The van der Waals surface area contributed by atoms with Crippen LogP contribution in [0.3, 0.4) is 0 Å². The first-order valence-corrected chi connectivity index (χ1v) is 11.8. The molecule has 0 fully saturated rings. The van der Waals surface area contributed by atoms with E-state index in [9.17, 15) is 9.18 Å². The van der Waals surface area contributed by atoms with Crippen molar-refractivity contribution in [1.82, 2.24) is 15.2 Å². The van der Waals surface area contributed by atoms with E-state index in [2.05, 4.69) is 23.3 Å². The topological polar surface area (TPSA) is 48.1 Å². The second-order valence-electron chi connectivity index (χ2n) is 8.46. The van der Waals surface area contributed by atoms with E-state index in [1.807, 2.05) is 60.4 Å². The quantitative estimate of drug-likeness (QED) is 0.330. The fourth-order valence-corrected chi connectivity index (χ4v) is 4.26. The average molecular weight is 474 g/mol. The summed E-state index contributed by atoms with van der Waals surface area (Å²) in [5.41, 5.74) is 4.53. The molecule has 34 heavy (non-hydrogen) atoms. The molecule has 4 rings (SSSR count). The number of nitrogens with one attached hydrogen (secondary N) is 2. The lowest BCUT2D eigenvalue weighted by atomic mass is 10.1. The van der Waals surface area contributed by atoms with Crippen LogP contribution in [-0.4, -0.2) is 15.0 Å². The minimum absolute atomic E-state index is 0.00795. The van der Waals surface area contributed by atoms with Crippen molar-refractivity contribution in [1.29, 1.82) is 0 Å². The number of rotatable bonds is 7. The standard InChI is InChI=1S/C28H28FN3OS/c1-3-20-11-14-26-23(15-20)16-24(27(33)31-26)18-32(17-21-9-12-25(29)13-10-21)28(34)30-19(2)22-7-5-4-6-8-22/h4-16,19H,3,17-18H2,1-2H3,(H,30,34)(H,31,33). The molecule has 0 amide bonds. The average Bonchev–Trinajstić information content (AvgIpc) is 2.85. The summed E-state index contributed by atoms with van der Waals surface area (Å²) in [4.78, 5) is 17.8. The minimum Gasteiger partial charge on any atom is -0.356 e. The summed E-state index contributed by atoms with van der Waals surface area (Å²) in [6.45, 7) is 4.93. The lowest BCUT2D eigenvalue weighted by Crippen LogP contribution is -2.41. The number of aromatic amines is 1. The Kier molecular flexibility index (Phi) is 7.38. The van der Waals surface area contributed by atoms with Gasteiger partial charge in [0.25, 0.3) is 5.56 Å². The van der Waals surface area contributed by atoms with E-state index < -0.39 is 0 Å². The molecule has 3 aromatic carbocycles. The van der Waals surface area contributed by atoms with Gasteiger partial charge in [0, 0.05) is 17.6 Å². The molecule has 4 aromatic rings. The Bertz CT molecular complexity index is 1340. The van der Waals surface area contributed by atoms with Crippen LogP contribution in [0.25, 0.3) is 10.9 Å². The molecule has 174 valence electrons. The molecule has 0 aliphatic rings. The predicted octanol–water partition coefficient (Wildman–Crippen LogP) is 5.87. The number of thiocarbonyl (C=S) groups is 1. The third-order valence-corrected chi connectivity index (χ3v) is 6.34. The Labute approximate surface area is 204 Å². The summed E-state index contributed by atoms with van der Waals surface area (Å²) in [7, 11) is 0. The van der Waals surface area contributed by atoms with Gasteiger partial charge in [0.15, 0.2) is 5.11 Å². The van der Waals surface area contributed by atoms with Crippen molar-refractivity contribution in [3.63, 3.8) is 0 Å². The number of hydrogen-bond donors (Lipinski definition) is 2. The first-order valence-electron chi connectivity index (χ1n) is 11.4. The van der Waals surface area contributed by atoms with E-state index in [1.165, 1.54) is 17.7 Å². The van der Waals surface area contributed by atoms with Crippen molar-refractivity contribution >= 4 is 28.2 Å². The Balaban J connectivity index is 1.63. The maximum Gasteiger partial charge on any atom is 0.253 e. The molecule has 0 saturated heterocycles. The molecular weight excluding hydrogens is 445 g/mol. The van der Waals surface area contributed by atoms with Crippen LogP contribution in [0.5, 0.6) is 0 Å². The summed E-state index contributed by atoms with van der Waals surface area (Å²) in [5, 5.41) is 4.92. The van der Waals surface area contributed by atoms with E-state index in [1.54, 1.807) is 12.1 Å². The zero-order valence-electron chi connectivity index (χ0n) is 19.3. The van der Waals surface area contributed by atoms with Gasteiger partial charge < -0.3 is 15.2 Å². The van der Waals surface area contributed by atoms with Gasteiger partial charge in [0.2, 0.25) is 0 Å². The highest BCUT2D eigenvalue weighted by Gasteiger charge is 2.17. The summed E-state index contributed by atoms with van der Waals surface area (Å²) in [6, 6.07) is 24.4. The summed E-state index contributed by atoms with van der Waals surface area (Å²) < 4.78 is 13.5. The highest BCUT2D eigenvalue weighted by atomic mass is 32.1. The number of benzene rings is 3. The number of aryl methyl sites for hydroxylation is 1. The number of aromatic nitrogens is 1. The van der Waals surface area contributed by atoms with Gasteiger partial charge in [-0.05, 0) is 78.0 Å². The van der Waals surface area contributed by atoms with Crippen LogP contribution in [0.15, 0.2) is 83.7 Å². The monoisotopic (exact) mass is 473 g/mol. The molecule has 2 N–H and O–H groups in total. The number of H-pyrrole nitrogens is 1. The molecule has 0 spiro atoms. The molecule has 6 heteroatoms. The van der Waals surface area contributed by atoms with Crippen LogP contribution in [0.4, 0.5) is 4.39 Å². The smallest absolute Gasteiger partial charge is 0.253 e. The lowest BCUT2D eigenvalue weighted by molar-refractivity contribution is 0.392. The second kappa shape index (κ2) is 10.6. The van der Waals surface area contributed by atoms with Crippen LogP contribution >= 0.6 is 12.2 Å². The first-order chi connectivity index (χ1) is 16.4. The largest absolute Gasteiger partial charge is 0.356 e. The van der Waals surface area contributed by atoms with Crippen molar-refractivity contribution in [2.75, 3.05) is 0 Å². The molecule has 1 unspecified atom stereocenters. The van der Waals surface area contributed by atoms with E-state index in [0.717, 1.165) is 28.5 Å². The molecular formula is C28H28FN3OS. The van der Waals surface area contributed by atoms with Crippen molar-refractivity contribution in [2.24, 2.45) is 0 Å². The predicted molar refractivity (Wildman–Crippen MR) is 140 cm³/mol. The van der Waals surface area contributed by atoms with Gasteiger partial charge >= 0.3 is 0 Å². The molecule has 1 aromatic heterocycles. The molecule has 1 atom stereocenters. The fraction of sp³-hybridized carbons (Fsp3) is 0.214. The number of fused-ring (bicyclic) bond motifs is 1. The molecule has 0 saturated carbocycles. The van der Waals surface area contributed by atoms with Crippen molar-refractivity contribution in [3.8, 4) is 0 Å². The number of hydrogen-bond acceptors (Lipinski definition) is 2. The highest BCUT2D eigenvalue weighted by Crippen LogP contribution is 2.18. The van der Waals surface area contributed by atoms with E-state index in [4.69, 9.17) is 12.2 Å². The van der Waals surface area contributed by atoms with E-state index in [-0.39, 0.29) is 17.4 Å². The molecule has 4 nitrogen and oxygen atoms in total. The van der Waals surface area contributed by atoms with Gasteiger partial charge in [-0.25, -0.2) is 4.39 Å². The Morgan fingerprint density at radius 2 is 1.71 bits per heavy atom. The molecule has 1 heterocycles. The number of pyridine rings is 1. The van der Waals surface area contributed by atoms with Gasteiger partial charge in [-0.2, -0.15) is 0 Å². The SMILES string of the molecule is CCc1ccc2[nH]c(=O)c(CN(Cc3ccc(F)cc3)C(=S)NC(C)c3ccccc3)cc2c1. The van der Waals surface area contributed by atoms with Crippen LogP contribution in [0.1, 0.15) is 42.1 Å². The third kappa shape index (κ3) is 5.69. The highest BCUT2D eigenvalue weighted by molar-refractivity contribution is 7.80. The third-order valence-electron chi connectivity index (χ3n) is 5.97. The van der Waals surface area contributed by atoms with Gasteiger partial charge in [0.1, 0.15) is 5.82 Å². The van der Waals surface area contributed by atoms with Crippen LogP contribution in [-0.2, 0) is 19.5 Å². The normalized spacial score (nSPS) is 11.9. The summed E-state index contributed by atoms with van der Waals surface area (Å²) in [6.07, 6.45) is 0.923. The molecule has 0 aliphatic carbocycles. The Morgan fingerprint density at radius 1 is 1.00 bits per heavy atom. The lowest BCUT2D eigenvalue weighted by Gasteiger charge is -2.28. The fourth-order valence-electron chi connectivity index (χ4n) is 3.96. The van der Waals surface area contributed by atoms with Crippen molar-refractivity contribution in [2.45, 2.75) is 39.4 Å². The number of nitrogens with zero attached hydrogens (tertiary/aromatic N) is 1. The van der Waals surface area contributed by atoms with Crippen molar-refractivity contribution < 1.29 is 4.39 Å². The maximum atomic E-state index is 13.5. The van der Waals surface area contributed by atoms with Gasteiger partial charge in [-0.1, -0.05) is 55.5 Å².